The van der Waals surface area contributed by atoms with E-state index in [4.69, 9.17) is 5.73 Å². The number of hydrogen-bond donors (Lipinski definition) is 1. The van der Waals surface area contributed by atoms with Gasteiger partial charge in [0.2, 0.25) is 0 Å². The summed E-state index contributed by atoms with van der Waals surface area (Å²) in [6, 6.07) is 0. The second-order valence-electron chi connectivity index (χ2n) is 3.07. The van der Waals surface area contributed by atoms with Crippen LogP contribution in [0.3, 0.4) is 0 Å². The molecule has 0 fully saturated rings. The Labute approximate surface area is 82.6 Å². The molecule has 0 aromatic carbocycles. The van der Waals surface area contributed by atoms with Gasteiger partial charge in [-0.25, -0.2) is 4.98 Å². The van der Waals surface area contributed by atoms with Crippen molar-refractivity contribution in [1.82, 2.24) is 4.98 Å². The maximum absolute atomic E-state index is 5.60. The van der Waals surface area contributed by atoms with E-state index in [-0.39, 0.29) is 12.4 Å². The first-order chi connectivity index (χ1) is 5.40. The molecule has 1 aliphatic rings. The van der Waals surface area contributed by atoms with E-state index in [9.17, 15) is 0 Å². The first-order valence-electron chi connectivity index (χ1n) is 4.01. The average Bonchev–Trinajstić information content (AvgIpc) is 2.50. The molecule has 1 heterocycles. The molecular formula is C8H13ClN2S. The third kappa shape index (κ3) is 1.79. The van der Waals surface area contributed by atoms with E-state index in [1.54, 1.807) is 11.3 Å². The number of rotatable bonds is 1. The van der Waals surface area contributed by atoms with Gasteiger partial charge in [0.25, 0.3) is 0 Å². The van der Waals surface area contributed by atoms with Crippen LogP contribution < -0.4 is 5.73 Å². The van der Waals surface area contributed by atoms with Gasteiger partial charge >= 0.3 is 0 Å². The monoisotopic (exact) mass is 204 g/mol. The highest BCUT2D eigenvalue weighted by Crippen LogP contribution is 2.26. The molecule has 0 radical (unpaired) electrons. The number of halogens is 1. The van der Waals surface area contributed by atoms with Gasteiger partial charge in [-0.3, -0.25) is 0 Å². The van der Waals surface area contributed by atoms with Crippen molar-refractivity contribution < 1.29 is 0 Å². The molecule has 1 aromatic rings. The Hall–Kier alpha value is -0.120. The Balaban J connectivity index is 0.000000720. The third-order valence-corrected chi connectivity index (χ3v) is 3.26. The van der Waals surface area contributed by atoms with Gasteiger partial charge in [-0.1, -0.05) is 0 Å². The lowest BCUT2D eigenvalue weighted by atomic mass is 9.91. The molecule has 1 aromatic heterocycles. The Kier molecular flexibility index (Phi) is 3.50. The van der Waals surface area contributed by atoms with Crippen LogP contribution in [0, 0.1) is 5.92 Å². The molecule has 68 valence electrons. The molecule has 0 amide bonds. The van der Waals surface area contributed by atoms with E-state index in [2.05, 4.69) is 4.98 Å². The third-order valence-electron chi connectivity index (χ3n) is 2.32. The fourth-order valence-corrected chi connectivity index (χ4v) is 2.39. The highest BCUT2D eigenvalue weighted by atomic mass is 35.5. The molecule has 1 unspecified atom stereocenters. The Morgan fingerprint density at radius 3 is 3.25 bits per heavy atom. The van der Waals surface area contributed by atoms with Gasteiger partial charge in [0.05, 0.1) is 11.2 Å². The largest absolute Gasteiger partial charge is 0.330 e. The summed E-state index contributed by atoms with van der Waals surface area (Å²) in [5.41, 5.74) is 8.86. The molecule has 2 rings (SSSR count). The van der Waals surface area contributed by atoms with Crippen molar-refractivity contribution in [2.45, 2.75) is 19.3 Å². The molecule has 4 heteroatoms. The fourth-order valence-electron chi connectivity index (χ4n) is 1.58. The lowest BCUT2D eigenvalue weighted by molar-refractivity contribution is 0.467. The summed E-state index contributed by atoms with van der Waals surface area (Å²) in [7, 11) is 0. The van der Waals surface area contributed by atoms with Gasteiger partial charge in [0, 0.05) is 4.88 Å². The van der Waals surface area contributed by atoms with Crippen LogP contribution in [0.25, 0.3) is 0 Å². The SMILES string of the molecule is Cl.NCC1CCc2scnc2C1. The van der Waals surface area contributed by atoms with Crippen molar-refractivity contribution >= 4 is 23.7 Å². The molecule has 0 saturated heterocycles. The molecular weight excluding hydrogens is 192 g/mol. The number of aryl methyl sites for hydroxylation is 1. The quantitative estimate of drug-likeness (QED) is 0.756. The van der Waals surface area contributed by atoms with E-state index in [1.165, 1.54) is 23.4 Å². The van der Waals surface area contributed by atoms with Crippen LogP contribution in [-0.4, -0.2) is 11.5 Å². The predicted molar refractivity (Wildman–Crippen MR) is 53.9 cm³/mol. The number of hydrogen-bond acceptors (Lipinski definition) is 3. The van der Waals surface area contributed by atoms with E-state index in [0.717, 1.165) is 13.0 Å². The van der Waals surface area contributed by atoms with Crippen LogP contribution >= 0.6 is 23.7 Å². The molecule has 1 aliphatic carbocycles. The first kappa shape index (κ1) is 9.96. The zero-order valence-corrected chi connectivity index (χ0v) is 8.46. The van der Waals surface area contributed by atoms with Crippen LogP contribution in [0.1, 0.15) is 17.0 Å². The zero-order chi connectivity index (χ0) is 7.68. The minimum absolute atomic E-state index is 0. The minimum Gasteiger partial charge on any atom is -0.330 e. The van der Waals surface area contributed by atoms with E-state index in [1.807, 2.05) is 5.51 Å². The molecule has 12 heavy (non-hydrogen) atoms. The molecule has 0 spiro atoms. The fraction of sp³-hybridized carbons (Fsp3) is 0.625. The van der Waals surface area contributed by atoms with Gasteiger partial charge in [0.1, 0.15) is 0 Å². The van der Waals surface area contributed by atoms with Crippen molar-refractivity contribution in [3.63, 3.8) is 0 Å². The lowest BCUT2D eigenvalue weighted by Gasteiger charge is -2.18. The molecule has 2 N–H and O–H groups in total. The number of fused-ring (bicyclic) bond motifs is 1. The summed E-state index contributed by atoms with van der Waals surface area (Å²) in [4.78, 5) is 5.80. The second kappa shape index (κ2) is 4.21. The highest BCUT2D eigenvalue weighted by molar-refractivity contribution is 7.09. The topological polar surface area (TPSA) is 38.9 Å². The summed E-state index contributed by atoms with van der Waals surface area (Å²) in [5, 5.41) is 0. The van der Waals surface area contributed by atoms with Gasteiger partial charge in [0.15, 0.2) is 0 Å². The minimum atomic E-state index is 0. The van der Waals surface area contributed by atoms with Crippen molar-refractivity contribution in [3.05, 3.63) is 16.1 Å². The van der Waals surface area contributed by atoms with Crippen LogP contribution in [-0.2, 0) is 12.8 Å². The Morgan fingerprint density at radius 1 is 1.67 bits per heavy atom. The summed E-state index contributed by atoms with van der Waals surface area (Å²) in [6.45, 7) is 0.816. The lowest BCUT2D eigenvalue weighted by Crippen LogP contribution is -2.21. The van der Waals surface area contributed by atoms with Gasteiger partial charge in [-0.05, 0) is 31.7 Å². The van der Waals surface area contributed by atoms with Crippen molar-refractivity contribution in [1.29, 1.82) is 0 Å². The molecule has 0 aliphatic heterocycles. The highest BCUT2D eigenvalue weighted by Gasteiger charge is 2.18. The van der Waals surface area contributed by atoms with E-state index < -0.39 is 0 Å². The molecule has 0 bridgehead atoms. The van der Waals surface area contributed by atoms with Crippen LogP contribution in [0.2, 0.25) is 0 Å². The first-order valence-corrected chi connectivity index (χ1v) is 4.89. The average molecular weight is 205 g/mol. The second-order valence-corrected chi connectivity index (χ2v) is 4.01. The molecule has 1 atom stereocenters. The predicted octanol–water partition coefficient (Wildman–Crippen LogP) is 1.63. The van der Waals surface area contributed by atoms with Crippen LogP contribution in [0.4, 0.5) is 0 Å². The van der Waals surface area contributed by atoms with Crippen LogP contribution in [0.15, 0.2) is 5.51 Å². The normalized spacial score (nSPS) is 21.2. The summed E-state index contributed by atoms with van der Waals surface area (Å²) in [6.07, 6.45) is 3.56. The van der Waals surface area contributed by atoms with Gasteiger partial charge in [-0.15, -0.1) is 23.7 Å². The maximum Gasteiger partial charge on any atom is 0.0797 e. The molecule has 2 nitrogen and oxygen atoms in total. The molecule has 0 saturated carbocycles. The van der Waals surface area contributed by atoms with Crippen molar-refractivity contribution in [3.8, 4) is 0 Å². The zero-order valence-electron chi connectivity index (χ0n) is 6.82. The van der Waals surface area contributed by atoms with Gasteiger partial charge in [-0.2, -0.15) is 0 Å². The van der Waals surface area contributed by atoms with Crippen LogP contribution in [0.5, 0.6) is 0 Å². The van der Waals surface area contributed by atoms with E-state index in [0.29, 0.717) is 5.92 Å². The van der Waals surface area contributed by atoms with Crippen molar-refractivity contribution in [2.75, 3.05) is 6.54 Å². The number of nitrogens with two attached hydrogens (primary N) is 1. The van der Waals surface area contributed by atoms with E-state index >= 15 is 0 Å². The summed E-state index contributed by atoms with van der Waals surface area (Å²) >= 11 is 1.79. The summed E-state index contributed by atoms with van der Waals surface area (Å²) < 4.78 is 0. The van der Waals surface area contributed by atoms with Gasteiger partial charge < -0.3 is 5.73 Å². The standard InChI is InChI=1S/C8H12N2S.ClH/c9-4-6-1-2-8-7(3-6)10-5-11-8;/h5-6H,1-4,9H2;1H. The van der Waals surface area contributed by atoms with Crippen molar-refractivity contribution in [2.24, 2.45) is 11.7 Å². The number of aromatic nitrogens is 1. The number of thiazole rings is 1. The number of nitrogens with zero attached hydrogens (tertiary/aromatic N) is 1. The Bertz CT molecular complexity index is 249. The smallest absolute Gasteiger partial charge is 0.0797 e. The Morgan fingerprint density at radius 2 is 2.50 bits per heavy atom. The maximum atomic E-state index is 5.60. The summed E-state index contributed by atoms with van der Waals surface area (Å²) in [5.74, 6) is 0.685.